The Hall–Kier alpha value is -4.01. The van der Waals surface area contributed by atoms with Gasteiger partial charge < -0.3 is 5.32 Å². The van der Waals surface area contributed by atoms with Gasteiger partial charge in [-0.15, -0.1) is 0 Å². The van der Waals surface area contributed by atoms with Gasteiger partial charge >= 0.3 is 6.18 Å². The Morgan fingerprint density at radius 2 is 1.84 bits per heavy atom. The van der Waals surface area contributed by atoms with E-state index in [1.165, 1.54) is 12.1 Å². The van der Waals surface area contributed by atoms with Crippen molar-refractivity contribution in [1.29, 1.82) is 0 Å². The number of rotatable bonds is 5. The molecular weight excluding hydrogens is 407 g/mol. The van der Waals surface area contributed by atoms with Gasteiger partial charge in [-0.3, -0.25) is 14.8 Å². The topological polar surface area (TPSA) is 72.7 Å². The molecule has 9 heteroatoms. The van der Waals surface area contributed by atoms with E-state index in [2.05, 4.69) is 20.4 Å². The van der Waals surface area contributed by atoms with Crippen molar-refractivity contribution in [1.82, 2.24) is 25.1 Å². The SMILES string of the molecule is O=C(NCc1cccc(C(F)(F)F)c1)c1ccc(-n2cc(-c3cnccn3)cn2)cc1. The molecule has 0 radical (unpaired) electrons. The average molecular weight is 423 g/mol. The number of carbonyl (C=O) groups excluding carboxylic acids is 1. The van der Waals surface area contributed by atoms with E-state index >= 15 is 0 Å². The molecule has 156 valence electrons. The Bertz CT molecular complexity index is 1190. The molecule has 2 heterocycles. The quantitative estimate of drug-likeness (QED) is 0.520. The predicted molar refractivity (Wildman–Crippen MR) is 107 cm³/mol. The Morgan fingerprint density at radius 3 is 2.55 bits per heavy atom. The lowest BCUT2D eigenvalue weighted by Gasteiger charge is -2.10. The summed E-state index contributed by atoms with van der Waals surface area (Å²) < 4.78 is 40.1. The minimum absolute atomic E-state index is 0.00880. The van der Waals surface area contributed by atoms with Crippen LogP contribution in [-0.4, -0.2) is 25.7 Å². The van der Waals surface area contributed by atoms with Gasteiger partial charge in [0.2, 0.25) is 0 Å². The summed E-state index contributed by atoms with van der Waals surface area (Å²) in [5, 5.41) is 6.93. The van der Waals surface area contributed by atoms with Crippen LogP contribution in [-0.2, 0) is 12.7 Å². The standard InChI is InChI=1S/C22H16F3N5O/c23-22(24,25)18-3-1-2-15(10-18)11-28-21(31)16-4-6-19(7-5-16)30-14-17(12-29-30)20-13-26-8-9-27-20/h1-10,12-14H,11H2,(H,28,31). The minimum Gasteiger partial charge on any atom is -0.348 e. The third kappa shape index (κ3) is 4.77. The highest BCUT2D eigenvalue weighted by atomic mass is 19.4. The van der Waals surface area contributed by atoms with Crippen LogP contribution in [0, 0.1) is 0 Å². The van der Waals surface area contributed by atoms with E-state index < -0.39 is 11.7 Å². The molecule has 0 aliphatic rings. The van der Waals surface area contributed by atoms with Crippen LogP contribution < -0.4 is 5.32 Å². The van der Waals surface area contributed by atoms with E-state index in [0.717, 1.165) is 23.4 Å². The number of amides is 1. The lowest BCUT2D eigenvalue weighted by Crippen LogP contribution is -2.23. The highest BCUT2D eigenvalue weighted by molar-refractivity contribution is 5.94. The molecule has 0 fully saturated rings. The van der Waals surface area contributed by atoms with Gasteiger partial charge in [-0.25, -0.2) is 4.68 Å². The summed E-state index contributed by atoms with van der Waals surface area (Å²) in [5.74, 6) is -0.385. The summed E-state index contributed by atoms with van der Waals surface area (Å²) in [6.45, 7) is -0.00880. The van der Waals surface area contributed by atoms with E-state index in [1.807, 2.05) is 0 Å². The molecule has 2 aromatic carbocycles. The molecule has 0 aliphatic carbocycles. The Labute approximate surface area is 175 Å². The number of carbonyl (C=O) groups is 1. The highest BCUT2D eigenvalue weighted by Gasteiger charge is 2.30. The number of nitrogens with one attached hydrogen (secondary N) is 1. The zero-order valence-corrected chi connectivity index (χ0v) is 16.0. The second-order valence-corrected chi connectivity index (χ2v) is 6.69. The summed E-state index contributed by atoms with van der Waals surface area (Å²) in [6.07, 6.45) is 3.87. The molecule has 0 bridgehead atoms. The Morgan fingerprint density at radius 1 is 1.03 bits per heavy atom. The van der Waals surface area contributed by atoms with Gasteiger partial charge in [0.25, 0.3) is 5.91 Å². The smallest absolute Gasteiger partial charge is 0.348 e. The van der Waals surface area contributed by atoms with Crippen LogP contribution in [0.2, 0.25) is 0 Å². The molecule has 0 spiro atoms. The largest absolute Gasteiger partial charge is 0.416 e. The molecule has 0 atom stereocenters. The minimum atomic E-state index is -4.42. The summed E-state index contributed by atoms with van der Waals surface area (Å²) in [6, 6.07) is 11.6. The van der Waals surface area contributed by atoms with E-state index in [4.69, 9.17) is 0 Å². The number of alkyl halides is 3. The van der Waals surface area contributed by atoms with E-state index in [9.17, 15) is 18.0 Å². The van der Waals surface area contributed by atoms with Crippen LogP contribution in [0.25, 0.3) is 16.9 Å². The summed E-state index contributed by atoms with van der Waals surface area (Å²) in [7, 11) is 0. The first-order valence-corrected chi connectivity index (χ1v) is 9.26. The van der Waals surface area contributed by atoms with Gasteiger partial charge in [0.05, 0.1) is 29.3 Å². The first-order valence-electron chi connectivity index (χ1n) is 9.26. The van der Waals surface area contributed by atoms with Crippen molar-refractivity contribution in [3.05, 3.63) is 96.2 Å². The van der Waals surface area contributed by atoms with Crippen molar-refractivity contribution >= 4 is 5.91 Å². The molecule has 0 saturated heterocycles. The molecule has 1 N–H and O–H groups in total. The maximum Gasteiger partial charge on any atom is 0.416 e. The van der Waals surface area contributed by atoms with Crippen LogP contribution in [0.15, 0.2) is 79.5 Å². The Kier molecular flexibility index (Phi) is 5.48. The fourth-order valence-corrected chi connectivity index (χ4v) is 2.95. The molecule has 0 saturated carbocycles. The number of hydrogen-bond donors (Lipinski definition) is 1. The number of aromatic nitrogens is 4. The van der Waals surface area contributed by atoms with Crippen molar-refractivity contribution in [3.63, 3.8) is 0 Å². The van der Waals surface area contributed by atoms with Crippen LogP contribution in [0.4, 0.5) is 13.2 Å². The lowest BCUT2D eigenvalue weighted by atomic mass is 10.1. The first kappa shape index (κ1) is 20.3. The summed E-state index contributed by atoms with van der Waals surface area (Å²) in [4.78, 5) is 20.6. The second-order valence-electron chi connectivity index (χ2n) is 6.69. The summed E-state index contributed by atoms with van der Waals surface area (Å²) >= 11 is 0. The molecule has 0 unspecified atom stereocenters. The highest BCUT2D eigenvalue weighted by Crippen LogP contribution is 2.29. The van der Waals surface area contributed by atoms with Gasteiger partial charge in [-0.05, 0) is 42.0 Å². The molecule has 4 rings (SSSR count). The summed E-state index contributed by atoms with van der Waals surface area (Å²) in [5.41, 5.74) is 2.24. The van der Waals surface area contributed by atoms with Crippen molar-refractivity contribution in [2.24, 2.45) is 0 Å². The number of nitrogens with zero attached hydrogens (tertiary/aromatic N) is 4. The Balaban J connectivity index is 1.42. The maximum atomic E-state index is 12.8. The number of hydrogen-bond acceptors (Lipinski definition) is 4. The second kappa shape index (κ2) is 8.39. The van der Waals surface area contributed by atoms with Gasteiger partial charge in [0.15, 0.2) is 0 Å². The molecule has 1 amide bonds. The molecule has 4 aromatic rings. The van der Waals surface area contributed by atoms with Crippen molar-refractivity contribution in [2.45, 2.75) is 12.7 Å². The zero-order chi connectivity index (χ0) is 21.8. The van der Waals surface area contributed by atoms with E-state index in [0.29, 0.717) is 16.8 Å². The maximum absolute atomic E-state index is 12.8. The number of benzene rings is 2. The fraction of sp³-hybridized carbons (Fsp3) is 0.0909. The molecule has 2 aromatic heterocycles. The lowest BCUT2D eigenvalue weighted by molar-refractivity contribution is -0.137. The fourth-order valence-electron chi connectivity index (χ4n) is 2.95. The van der Waals surface area contributed by atoms with Gasteiger partial charge in [0, 0.05) is 36.3 Å². The van der Waals surface area contributed by atoms with Gasteiger partial charge in [-0.1, -0.05) is 12.1 Å². The van der Waals surface area contributed by atoms with Crippen LogP contribution in [0.5, 0.6) is 0 Å². The molecule has 31 heavy (non-hydrogen) atoms. The average Bonchev–Trinajstić information content (AvgIpc) is 3.28. The molecule has 0 aliphatic heterocycles. The molecular formula is C22H16F3N5O. The van der Waals surface area contributed by atoms with Crippen LogP contribution >= 0.6 is 0 Å². The normalized spacial score (nSPS) is 11.3. The monoisotopic (exact) mass is 423 g/mol. The van der Waals surface area contributed by atoms with Crippen molar-refractivity contribution in [3.8, 4) is 16.9 Å². The molecule has 6 nitrogen and oxygen atoms in total. The third-order valence-corrected chi connectivity index (χ3v) is 4.54. The van der Waals surface area contributed by atoms with Crippen molar-refractivity contribution in [2.75, 3.05) is 0 Å². The van der Waals surface area contributed by atoms with Crippen LogP contribution in [0.1, 0.15) is 21.5 Å². The van der Waals surface area contributed by atoms with Gasteiger partial charge in [0.1, 0.15) is 0 Å². The van der Waals surface area contributed by atoms with Crippen molar-refractivity contribution < 1.29 is 18.0 Å². The first-order chi connectivity index (χ1) is 14.9. The van der Waals surface area contributed by atoms with E-state index in [-0.39, 0.29) is 12.5 Å². The third-order valence-electron chi connectivity index (χ3n) is 4.54. The van der Waals surface area contributed by atoms with Crippen LogP contribution in [0.3, 0.4) is 0 Å². The zero-order valence-electron chi connectivity index (χ0n) is 16.0. The van der Waals surface area contributed by atoms with E-state index in [1.54, 1.807) is 59.9 Å². The number of halogens is 3. The van der Waals surface area contributed by atoms with Gasteiger partial charge in [-0.2, -0.15) is 18.3 Å². The predicted octanol–water partition coefficient (Wildman–Crippen LogP) is 4.28.